The van der Waals surface area contributed by atoms with E-state index in [1.807, 2.05) is 31.2 Å². The number of hydrogen-bond acceptors (Lipinski definition) is 1. The molecule has 0 unspecified atom stereocenters. The van der Waals surface area contributed by atoms with Crippen molar-refractivity contribution in [1.82, 2.24) is 9.55 Å². The lowest BCUT2D eigenvalue weighted by Gasteiger charge is -2.04. The van der Waals surface area contributed by atoms with Gasteiger partial charge in [-0.15, -0.1) is 0 Å². The first-order valence-corrected chi connectivity index (χ1v) is 5.14. The maximum Gasteiger partial charge on any atom is 0.325 e. The van der Waals surface area contributed by atoms with Crippen molar-refractivity contribution in [1.29, 1.82) is 0 Å². The van der Waals surface area contributed by atoms with E-state index in [0.29, 0.717) is 11.6 Å². The molecule has 0 aliphatic carbocycles. The van der Waals surface area contributed by atoms with Crippen molar-refractivity contribution in [2.24, 2.45) is 0 Å². The van der Waals surface area contributed by atoms with E-state index in [1.165, 1.54) is 0 Å². The number of aromatic nitrogens is 2. The third kappa shape index (κ3) is 1.83. The van der Waals surface area contributed by atoms with E-state index in [-0.39, 0.29) is 5.69 Å². The monoisotopic (exact) mass is 222 g/mol. The Morgan fingerprint density at radius 3 is 2.93 bits per heavy atom. The molecule has 1 N–H and O–H groups in total. The highest BCUT2D eigenvalue weighted by Crippen LogP contribution is 2.21. The van der Waals surface area contributed by atoms with Crippen LogP contribution in [0, 0.1) is 0 Å². The standard InChI is InChI=1S/C11H11ClN2O/c1-2-14-10(7-13-11(14)15)8-4-3-5-9(12)6-8/h3-7H,2H2,1H3,(H,13,15). The molecule has 1 heterocycles. The average Bonchev–Trinajstić information content (AvgIpc) is 2.59. The van der Waals surface area contributed by atoms with Gasteiger partial charge in [0.1, 0.15) is 0 Å². The van der Waals surface area contributed by atoms with Gasteiger partial charge >= 0.3 is 5.69 Å². The number of hydrogen-bond donors (Lipinski definition) is 1. The van der Waals surface area contributed by atoms with Crippen molar-refractivity contribution >= 4 is 11.6 Å². The Balaban J connectivity index is 2.59. The second-order valence-electron chi connectivity index (χ2n) is 3.23. The zero-order valence-electron chi connectivity index (χ0n) is 8.33. The summed E-state index contributed by atoms with van der Waals surface area (Å²) in [5, 5.41) is 0.670. The van der Waals surface area contributed by atoms with Crippen LogP contribution < -0.4 is 5.69 Å². The fourth-order valence-electron chi connectivity index (χ4n) is 1.60. The number of imidazole rings is 1. The van der Waals surface area contributed by atoms with Crippen LogP contribution >= 0.6 is 11.6 Å². The molecule has 78 valence electrons. The summed E-state index contributed by atoms with van der Waals surface area (Å²) in [5.74, 6) is 0. The van der Waals surface area contributed by atoms with Crippen molar-refractivity contribution < 1.29 is 0 Å². The van der Waals surface area contributed by atoms with Crippen LogP contribution in [0.4, 0.5) is 0 Å². The summed E-state index contributed by atoms with van der Waals surface area (Å²) in [5.41, 5.74) is 1.72. The molecular weight excluding hydrogens is 212 g/mol. The molecule has 0 bridgehead atoms. The first-order valence-electron chi connectivity index (χ1n) is 4.76. The molecule has 2 rings (SSSR count). The Morgan fingerprint density at radius 1 is 1.47 bits per heavy atom. The summed E-state index contributed by atoms with van der Waals surface area (Å²) in [6, 6.07) is 7.46. The van der Waals surface area contributed by atoms with Gasteiger partial charge in [-0.25, -0.2) is 4.79 Å². The number of aromatic amines is 1. The van der Waals surface area contributed by atoms with Crippen molar-refractivity contribution in [3.8, 4) is 11.3 Å². The normalized spacial score (nSPS) is 10.5. The summed E-state index contributed by atoms with van der Waals surface area (Å²) in [7, 11) is 0. The van der Waals surface area contributed by atoms with E-state index in [9.17, 15) is 4.79 Å². The lowest BCUT2D eigenvalue weighted by molar-refractivity contribution is 0.736. The van der Waals surface area contributed by atoms with Gasteiger partial charge < -0.3 is 4.98 Å². The topological polar surface area (TPSA) is 37.8 Å². The Labute approximate surface area is 92.3 Å². The van der Waals surface area contributed by atoms with Gasteiger partial charge in [-0.2, -0.15) is 0 Å². The molecule has 0 saturated heterocycles. The van der Waals surface area contributed by atoms with Crippen LogP contribution in [0.2, 0.25) is 5.02 Å². The minimum atomic E-state index is -0.0903. The van der Waals surface area contributed by atoms with Crippen LogP contribution in [0.15, 0.2) is 35.3 Å². The highest BCUT2D eigenvalue weighted by Gasteiger charge is 2.06. The van der Waals surface area contributed by atoms with E-state index in [4.69, 9.17) is 11.6 Å². The largest absolute Gasteiger partial charge is 0.325 e. The number of halogens is 1. The number of benzene rings is 1. The maximum absolute atomic E-state index is 11.4. The Bertz CT molecular complexity index is 527. The van der Waals surface area contributed by atoms with E-state index in [2.05, 4.69) is 4.98 Å². The molecule has 0 radical (unpaired) electrons. The molecular formula is C11H11ClN2O. The van der Waals surface area contributed by atoms with Gasteiger partial charge in [0.05, 0.1) is 5.69 Å². The third-order valence-corrected chi connectivity index (χ3v) is 2.54. The van der Waals surface area contributed by atoms with Gasteiger partial charge in [-0.05, 0) is 19.1 Å². The first kappa shape index (κ1) is 10.1. The Hall–Kier alpha value is -1.48. The van der Waals surface area contributed by atoms with Crippen molar-refractivity contribution in [2.75, 3.05) is 0 Å². The van der Waals surface area contributed by atoms with Gasteiger partial charge in [0.2, 0.25) is 0 Å². The van der Waals surface area contributed by atoms with Gasteiger partial charge in [0, 0.05) is 23.3 Å². The van der Waals surface area contributed by atoms with Gasteiger partial charge in [-0.3, -0.25) is 4.57 Å². The van der Waals surface area contributed by atoms with Crippen LogP contribution in [0.3, 0.4) is 0 Å². The average molecular weight is 223 g/mol. The number of nitrogens with zero attached hydrogens (tertiary/aromatic N) is 1. The first-order chi connectivity index (χ1) is 7.22. The van der Waals surface area contributed by atoms with Crippen molar-refractivity contribution in [3.63, 3.8) is 0 Å². The van der Waals surface area contributed by atoms with Crippen molar-refractivity contribution in [3.05, 3.63) is 46.0 Å². The number of rotatable bonds is 2. The smallest absolute Gasteiger partial charge is 0.312 e. The summed E-state index contributed by atoms with van der Waals surface area (Å²) in [6.07, 6.45) is 1.71. The molecule has 0 spiro atoms. The summed E-state index contributed by atoms with van der Waals surface area (Å²) in [4.78, 5) is 14.1. The zero-order valence-corrected chi connectivity index (χ0v) is 9.08. The molecule has 0 aliphatic rings. The van der Waals surface area contributed by atoms with E-state index in [0.717, 1.165) is 11.3 Å². The molecule has 0 saturated carbocycles. The second kappa shape index (κ2) is 3.95. The Kier molecular flexibility index (Phi) is 2.64. The SMILES string of the molecule is CCn1c(-c2cccc(Cl)c2)c[nH]c1=O. The molecule has 4 heteroatoms. The summed E-state index contributed by atoms with van der Waals surface area (Å²) >= 11 is 5.90. The fraction of sp³-hybridized carbons (Fsp3) is 0.182. The summed E-state index contributed by atoms with van der Waals surface area (Å²) < 4.78 is 1.67. The van der Waals surface area contributed by atoms with Crippen molar-refractivity contribution in [2.45, 2.75) is 13.5 Å². The molecule has 1 aromatic heterocycles. The molecule has 0 atom stereocenters. The maximum atomic E-state index is 11.4. The van der Waals surface area contributed by atoms with Crippen LogP contribution in [-0.4, -0.2) is 9.55 Å². The molecule has 2 aromatic rings. The van der Waals surface area contributed by atoms with E-state index in [1.54, 1.807) is 10.8 Å². The molecule has 1 aromatic carbocycles. The Morgan fingerprint density at radius 2 is 2.27 bits per heavy atom. The number of H-pyrrole nitrogens is 1. The number of nitrogens with one attached hydrogen (secondary N) is 1. The van der Waals surface area contributed by atoms with Crippen LogP contribution in [0.5, 0.6) is 0 Å². The third-order valence-electron chi connectivity index (χ3n) is 2.30. The highest BCUT2D eigenvalue weighted by atomic mass is 35.5. The molecule has 15 heavy (non-hydrogen) atoms. The minimum absolute atomic E-state index is 0.0903. The van der Waals surface area contributed by atoms with Crippen LogP contribution in [0.1, 0.15) is 6.92 Å². The second-order valence-corrected chi connectivity index (χ2v) is 3.67. The minimum Gasteiger partial charge on any atom is -0.312 e. The van der Waals surface area contributed by atoms with Gasteiger partial charge in [-0.1, -0.05) is 23.7 Å². The zero-order chi connectivity index (χ0) is 10.8. The summed E-state index contributed by atoms with van der Waals surface area (Å²) in [6.45, 7) is 2.58. The lowest BCUT2D eigenvalue weighted by atomic mass is 10.2. The van der Waals surface area contributed by atoms with Crippen LogP contribution in [0.25, 0.3) is 11.3 Å². The quantitative estimate of drug-likeness (QED) is 0.833. The van der Waals surface area contributed by atoms with E-state index >= 15 is 0 Å². The molecule has 0 amide bonds. The van der Waals surface area contributed by atoms with Gasteiger partial charge in [0.15, 0.2) is 0 Å². The predicted octanol–water partition coefficient (Wildman–Crippen LogP) is 2.52. The lowest BCUT2D eigenvalue weighted by Crippen LogP contribution is -2.16. The fourth-order valence-corrected chi connectivity index (χ4v) is 1.79. The van der Waals surface area contributed by atoms with Crippen LogP contribution in [-0.2, 0) is 6.54 Å². The highest BCUT2D eigenvalue weighted by molar-refractivity contribution is 6.30. The van der Waals surface area contributed by atoms with Gasteiger partial charge in [0.25, 0.3) is 0 Å². The molecule has 0 aliphatic heterocycles. The predicted molar refractivity (Wildman–Crippen MR) is 61.2 cm³/mol. The van der Waals surface area contributed by atoms with E-state index < -0.39 is 0 Å². The molecule has 3 nitrogen and oxygen atoms in total. The molecule has 0 fully saturated rings.